The highest BCUT2D eigenvalue weighted by atomic mass is 16.3. The molecule has 0 aliphatic heterocycles. The van der Waals surface area contributed by atoms with E-state index in [2.05, 4.69) is 20.7 Å². The van der Waals surface area contributed by atoms with Crippen LogP contribution in [0, 0.1) is 5.92 Å². The summed E-state index contributed by atoms with van der Waals surface area (Å²) in [6, 6.07) is 1.76. The maximum absolute atomic E-state index is 9.40. The first-order valence-corrected chi connectivity index (χ1v) is 5.48. The van der Waals surface area contributed by atoms with Gasteiger partial charge in [-0.25, -0.2) is 15.8 Å². The molecule has 1 aliphatic carbocycles. The predicted octanol–water partition coefficient (Wildman–Crippen LogP) is 0.335. The van der Waals surface area contributed by atoms with E-state index < -0.39 is 0 Å². The summed E-state index contributed by atoms with van der Waals surface area (Å²) in [5, 5.41) is 12.6. The van der Waals surface area contributed by atoms with Crippen LogP contribution in [-0.2, 0) is 0 Å². The zero-order chi connectivity index (χ0) is 11.4. The Labute approximate surface area is 94.3 Å². The number of hydrogen-bond acceptors (Lipinski definition) is 6. The van der Waals surface area contributed by atoms with Crippen molar-refractivity contribution in [2.45, 2.75) is 25.4 Å². The maximum atomic E-state index is 9.40. The molecule has 1 aromatic heterocycles. The van der Waals surface area contributed by atoms with Gasteiger partial charge in [0.05, 0.1) is 6.10 Å². The standard InChI is InChI=1S/C10H17N5O/c11-15-10-4-9(13-6-14-10)12-5-7-1-2-8(16)3-7/h4,6-8,16H,1-3,5,11H2,(H2,12,13,14,15). The molecule has 0 amide bonds. The molecule has 0 bridgehead atoms. The first-order chi connectivity index (χ1) is 7.78. The van der Waals surface area contributed by atoms with Gasteiger partial charge in [0.25, 0.3) is 0 Å². The van der Waals surface area contributed by atoms with Crippen LogP contribution in [0.25, 0.3) is 0 Å². The van der Waals surface area contributed by atoms with E-state index in [1.165, 1.54) is 6.33 Å². The molecular weight excluding hydrogens is 206 g/mol. The first-order valence-electron chi connectivity index (χ1n) is 5.48. The molecule has 2 unspecified atom stereocenters. The Balaban J connectivity index is 1.84. The summed E-state index contributed by atoms with van der Waals surface area (Å²) in [6.07, 6.45) is 4.19. The minimum Gasteiger partial charge on any atom is -0.393 e. The van der Waals surface area contributed by atoms with Crippen LogP contribution in [-0.4, -0.2) is 27.7 Å². The number of aromatic nitrogens is 2. The van der Waals surface area contributed by atoms with Crippen LogP contribution < -0.4 is 16.6 Å². The molecule has 1 saturated carbocycles. The summed E-state index contributed by atoms with van der Waals surface area (Å²) in [4.78, 5) is 8.01. The molecule has 1 heterocycles. The lowest BCUT2D eigenvalue weighted by Crippen LogP contribution is -2.14. The summed E-state index contributed by atoms with van der Waals surface area (Å²) in [5.41, 5.74) is 2.47. The largest absolute Gasteiger partial charge is 0.393 e. The van der Waals surface area contributed by atoms with E-state index in [1.807, 2.05) is 0 Å². The zero-order valence-corrected chi connectivity index (χ0v) is 9.06. The van der Waals surface area contributed by atoms with Gasteiger partial charge >= 0.3 is 0 Å². The minimum absolute atomic E-state index is 0.126. The molecule has 1 fully saturated rings. The third-order valence-electron chi connectivity index (χ3n) is 2.90. The molecule has 0 aromatic carbocycles. The number of rotatable bonds is 4. The molecule has 88 valence electrons. The number of aliphatic hydroxyl groups excluding tert-OH is 1. The van der Waals surface area contributed by atoms with Gasteiger partial charge in [0.15, 0.2) is 0 Å². The lowest BCUT2D eigenvalue weighted by atomic mass is 10.1. The van der Waals surface area contributed by atoms with Crippen molar-refractivity contribution >= 4 is 11.6 Å². The number of nitrogens with two attached hydrogens (primary N) is 1. The minimum atomic E-state index is -0.126. The second kappa shape index (κ2) is 5.09. The van der Waals surface area contributed by atoms with Gasteiger partial charge in [0, 0.05) is 12.6 Å². The van der Waals surface area contributed by atoms with E-state index in [9.17, 15) is 5.11 Å². The Bertz CT molecular complexity index is 346. The number of nitrogens with one attached hydrogen (secondary N) is 2. The van der Waals surface area contributed by atoms with Crippen molar-refractivity contribution in [2.24, 2.45) is 11.8 Å². The van der Waals surface area contributed by atoms with Crippen molar-refractivity contribution < 1.29 is 5.11 Å². The van der Waals surface area contributed by atoms with E-state index in [4.69, 9.17) is 5.84 Å². The third kappa shape index (κ3) is 2.80. The van der Waals surface area contributed by atoms with Crippen LogP contribution in [0.4, 0.5) is 11.6 Å². The Kier molecular flexibility index (Phi) is 3.53. The van der Waals surface area contributed by atoms with Gasteiger partial charge in [-0.1, -0.05) is 0 Å². The molecule has 2 rings (SSSR count). The SMILES string of the molecule is NNc1cc(NCC2CCC(O)C2)ncn1. The smallest absolute Gasteiger partial charge is 0.145 e. The summed E-state index contributed by atoms with van der Waals surface area (Å²) in [7, 11) is 0. The molecule has 0 saturated heterocycles. The van der Waals surface area contributed by atoms with Crippen LogP contribution in [0.5, 0.6) is 0 Å². The van der Waals surface area contributed by atoms with Gasteiger partial charge in [0.2, 0.25) is 0 Å². The summed E-state index contributed by atoms with van der Waals surface area (Å²) in [6.45, 7) is 0.831. The first kappa shape index (κ1) is 11.1. The van der Waals surface area contributed by atoms with Crippen LogP contribution in [0.15, 0.2) is 12.4 Å². The van der Waals surface area contributed by atoms with Gasteiger partial charge in [0.1, 0.15) is 18.0 Å². The van der Waals surface area contributed by atoms with Crippen LogP contribution in [0.2, 0.25) is 0 Å². The van der Waals surface area contributed by atoms with Gasteiger partial charge in [-0.15, -0.1) is 0 Å². The second-order valence-electron chi connectivity index (χ2n) is 4.15. The molecule has 6 heteroatoms. The van der Waals surface area contributed by atoms with Crippen molar-refractivity contribution in [2.75, 3.05) is 17.3 Å². The maximum Gasteiger partial charge on any atom is 0.145 e. The van der Waals surface area contributed by atoms with E-state index >= 15 is 0 Å². The molecule has 1 aliphatic rings. The highest BCUT2D eigenvalue weighted by Gasteiger charge is 2.22. The summed E-state index contributed by atoms with van der Waals surface area (Å²) < 4.78 is 0. The van der Waals surface area contributed by atoms with Crippen molar-refractivity contribution in [3.8, 4) is 0 Å². The second-order valence-corrected chi connectivity index (χ2v) is 4.15. The number of hydrazine groups is 1. The Morgan fingerprint density at radius 3 is 2.88 bits per heavy atom. The quantitative estimate of drug-likeness (QED) is 0.434. The van der Waals surface area contributed by atoms with Crippen LogP contribution in [0.1, 0.15) is 19.3 Å². The van der Waals surface area contributed by atoms with E-state index in [0.717, 1.165) is 31.6 Å². The van der Waals surface area contributed by atoms with Crippen LogP contribution >= 0.6 is 0 Å². The molecule has 0 spiro atoms. The Morgan fingerprint density at radius 2 is 2.19 bits per heavy atom. The van der Waals surface area contributed by atoms with Crippen LogP contribution in [0.3, 0.4) is 0 Å². The Hall–Kier alpha value is -1.40. The monoisotopic (exact) mass is 223 g/mol. The van der Waals surface area contributed by atoms with Gasteiger partial charge < -0.3 is 15.8 Å². The number of nitrogens with zero attached hydrogens (tertiary/aromatic N) is 2. The summed E-state index contributed by atoms with van der Waals surface area (Å²) >= 11 is 0. The number of nitrogen functional groups attached to an aromatic ring is 1. The lowest BCUT2D eigenvalue weighted by Gasteiger charge is -2.11. The van der Waals surface area contributed by atoms with Crippen molar-refractivity contribution in [3.63, 3.8) is 0 Å². The van der Waals surface area contributed by atoms with E-state index in [0.29, 0.717) is 11.7 Å². The Morgan fingerprint density at radius 1 is 1.38 bits per heavy atom. The van der Waals surface area contributed by atoms with Crippen molar-refractivity contribution in [1.29, 1.82) is 0 Å². The molecule has 1 aromatic rings. The highest BCUT2D eigenvalue weighted by Crippen LogP contribution is 2.25. The van der Waals surface area contributed by atoms with Gasteiger partial charge in [-0.3, -0.25) is 0 Å². The van der Waals surface area contributed by atoms with E-state index in [-0.39, 0.29) is 6.10 Å². The third-order valence-corrected chi connectivity index (χ3v) is 2.90. The number of aliphatic hydroxyl groups is 1. The fourth-order valence-corrected chi connectivity index (χ4v) is 2.02. The van der Waals surface area contributed by atoms with Gasteiger partial charge in [-0.05, 0) is 25.2 Å². The fraction of sp³-hybridized carbons (Fsp3) is 0.600. The van der Waals surface area contributed by atoms with E-state index in [1.54, 1.807) is 6.07 Å². The van der Waals surface area contributed by atoms with Crippen molar-refractivity contribution in [1.82, 2.24) is 9.97 Å². The molecule has 16 heavy (non-hydrogen) atoms. The highest BCUT2D eigenvalue weighted by molar-refractivity contribution is 5.45. The molecule has 5 N–H and O–H groups in total. The molecular formula is C10H17N5O. The lowest BCUT2D eigenvalue weighted by molar-refractivity contribution is 0.178. The zero-order valence-electron chi connectivity index (χ0n) is 9.06. The molecule has 2 atom stereocenters. The topological polar surface area (TPSA) is 96.1 Å². The molecule has 0 radical (unpaired) electrons. The number of anilines is 2. The predicted molar refractivity (Wildman–Crippen MR) is 61.7 cm³/mol. The summed E-state index contributed by atoms with van der Waals surface area (Å²) in [5.74, 6) is 7.12. The average Bonchev–Trinajstić information content (AvgIpc) is 2.73. The van der Waals surface area contributed by atoms with Gasteiger partial charge in [-0.2, -0.15) is 0 Å². The fourth-order valence-electron chi connectivity index (χ4n) is 2.02. The molecule has 6 nitrogen and oxygen atoms in total. The normalized spacial score (nSPS) is 24.4. The average molecular weight is 223 g/mol. The van der Waals surface area contributed by atoms with Crippen molar-refractivity contribution in [3.05, 3.63) is 12.4 Å². The number of hydrogen-bond donors (Lipinski definition) is 4.